The first kappa shape index (κ1) is 6.31. The predicted octanol–water partition coefficient (Wildman–Crippen LogP) is 0.605. The van der Waals surface area contributed by atoms with E-state index in [-0.39, 0.29) is 5.50 Å². The van der Waals surface area contributed by atoms with E-state index in [0.717, 1.165) is 6.42 Å². The molecule has 0 aromatic heterocycles. The lowest BCUT2D eigenvalue weighted by Crippen LogP contribution is -2.28. The average Bonchev–Trinajstić information content (AvgIpc) is 2.27. The van der Waals surface area contributed by atoms with Crippen LogP contribution in [0.5, 0.6) is 0 Å². The van der Waals surface area contributed by atoms with Gasteiger partial charge in [0.25, 0.3) is 0 Å². The largest absolute Gasteiger partial charge is 0.364 e. The molecule has 1 aliphatic heterocycles. The van der Waals surface area contributed by atoms with E-state index in [1.165, 1.54) is 5.70 Å². The minimum Gasteiger partial charge on any atom is -0.364 e. The van der Waals surface area contributed by atoms with Gasteiger partial charge in [-0.25, -0.2) is 0 Å². The summed E-state index contributed by atoms with van der Waals surface area (Å²) in [6.07, 6.45) is 7.41. The maximum atomic E-state index is 4.26. The van der Waals surface area contributed by atoms with Crippen molar-refractivity contribution in [1.29, 1.82) is 0 Å². The molecule has 2 atom stereocenters. The Morgan fingerprint density at radius 1 is 1.60 bits per heavy atom. The Morgan fingerprint density at radius 3 is 3.30 bits per heavy atom. The topological polar surface area (TPSA) is 24.1 Å². The van der Waals surface area contributed by atoms with Gasteiger partial charge in [0.05, 0.1) is 6.04 Å². The number of fused-ring (bicyclic) bond motifs is 1. The molecule has 0 spiro atoms. The van der Waals surface area contributed by atoms with Gasteiger partial charge in [-0.3, -0.25) is 5.32 Å². The molecule has 2 aliphatic rings. The summed E-state index contributed by atoms with van der Waals surface area (Å²) < 4.78 is 0. The van der Waals surface area contributed by atoms with Crippen LogP contribution in [0.15, 0.2) is 23.9 Å². The maximum absolute atomic E-state index is 4.26. The molecule has 1 fully saturated rings. The summed E-state index contributed by atoms with van der Waals surface area (Å²) in [5.41, 5.74) is 1.40. The molecule has 0 bridgehead atoms. The Balaban J connectivity index is 2.18. The molecule has 54 valence electrons. The van der Waals surface area contributed by atoms with Gasteiger partial charge in [0, 0.05) is 5.70 Å². The molecule has 3 heteroatoms. The SMILES string of the molecule is SC1NC2=CC=CCC2N1. The molecule has 0 amide bonds. The monoisotopic (exact) mass is 154 g/mol. The minimum atomic E-state index is 0.135. The molecule has 2 nitrogen and oxygen atoms in total. The first-order chi connectivity index (χ1) is 4.86. The molecule has 0 saturated carbocycles. The van der Waals surface area contributed by atoms with E-state index < -0.39 is 0 Å². The fourth-order valence-electron chi connectivity index (χ4n) is 1.33. The molecular formula is C7H10N2S. The zero-order chi connectivity index (χ0) is 6.97. The van der Waals surface area contributed by atoms with Gasteiger partial charge in [0.15, 0.2) is 0 Å². The van der Waals surface area contributed by atoms with Crippen LogP contribution >= 0.6 is 12.6 Å². The number of rotatable bonds is 0. The summed E-state index contributed by atoms with van der Waals surface area (Å²) >= 11 is 4.26. The summed E-state index contributed by atoms with van der Waals surface area (Å²) in [6, 6.07) is 0.479. The summed E-state index contributed by atoms with van der Waals surface area (Å²) in [5, 5.41) is 6.51. The van der Waals surface area contributed by atoms with Crippen LogP contribution in [0, 0.1) is 0 Å². The molecule has 1 heterocycles. The Hall–Kier alpha value is -0.410. The second kappa shape index (κ2) is 2.32. The average molecular weight is 154 g/mol. The zero-order valence-corrected chi connectivity index (χ0v) is 6.44. The van der Waals surface area contributed by atoms with Gasteiger partial charge in [-0.1, -0.05) is 12.2 Å². The quantitative estimate of drug-likeness (QED) is 0.445. The molecule has 10 heavy (non-hydrogen) atoms. The van der Waals surface area contributed by atoms with Crippen LogP contribution in [-0.4, -0.2) is 11.5 Å². The van der Waals surface area contributed by atoms with Gasteiger partial charge < -0.3 is 5.32 Å². The van der Waals surface area contributed by atoms with Crippen molar-refractivity contribution in [2.45, 2.75) is 18.0 Å². The molecular weight excluding hydrogens is 144 g/mol. The van der Waals surface area contributed by atoms with Crippen LogP contribution < -0.4 is 10.6 Å². The summed E-state index contributed by atoms with van der Waals surface area (Å²) in [5.74, 6) is 0. The predicted molar refractivity (Wildman–Crippen MR) is 44.7 cm³/mol. The van der Waals surface area contributed by atoms with E-state index >= 15 is 0 Å². The van der Waals surface area contributed by atoms with Crippen LogP contribution in [0.1, 0.15) is 6.42 Å². The number of allylic oxidation sites excluding steroid dienone is 2. The minimum absolute atomic E-state index is 0.135. The Labute approximate surface area is 65.8 Å². The molecule has 0 radical (unpaired) electrons. The van der Waals surface area contributed by atoms with Gasteiger partial charge in [0.2, 0.25) is 0 Å². The summed E-state index contributed by atoms with van der Waals surface area (Å²) in [6.45, 7) is 0. The Kier molecular flexibility index (Phi) is 1.47. The lowest BCUT2D eigenvalue weighted by molar-refractivity contribution is 0.644. The molecule has 2 N–H and O–H groups in total. The number of hydrogen-bond acceptors (Lipinski definition) is 3. The van der Waals surface area contributed by atoms with Crippen molar-refractivity contribution in [3.8, 4) is 0 Å². The van der Waals surface area contributed by atoms with Crippen molar-refractivity contribution < 1.29 is 0 Å². The summed E-state index contributed by atoms with van der Waals surface area (Å²) in [4.78, 5) is 0. The number of nitrogens with one attached hydrogen (secondary N) is 2. The van der Waals surface area contributed by atoms with Gasteiger partial charge in [-0.05, 0) is 12.5 Å². The second-order valence-corrected chi connectivity index (χ2v) is 3.07. The standard InChI is InChI=1S/C7H10N2S/c10-7-8-5-3-1-2-4-6(5)9-7/h1-3,6-10H,4H2. The lowest BCUT2D eigenvalue weighted by atomic mass is 10.1. The highest BCUT2D eigenvalue weighted by Crippen LogP contribution is 2.17. The van der Waals surface area contributed by atoms with Crippen molar-refractivity contribution in [1.82, 2.24) is 10.6 Å². The van der Waals surface area contributed by atoms with E-state index in [0.29, 0.717) is 6.04 Å². The first-order valence-corrected chi connectivity index (χ1v) is 3.95. The van der Waals surface area contributed by atoms with Crippen LogP contribution in [0.4, 0.5) is 0 Å². The third kappa shape index (κ3) is 0.954. The van der Waals surface area contributed by atoms with Crippen molar-refractivity contribution in [2.24, 2.45) is 0 Å². The van der Waals surface area contributed by atoms with Crippen LogP contribution in [0.25, 0.3) is 0 Å². The van der Waals surface area contributed by atoms with Crippen molar-refractivity contribution in [2.75, 3.05) is 0 Å². The maximum Gasteiger partial charge on any atom is 0.123 e. The first-order valence-electron chi connectivity index (χ1n) is 3.43. The third-order valence-corrected chi connectivity index (χ3v) is 2.10. The molecule has 2 rings (SSSR count). The highest BCUT2D eigenvalue weighted by molar-refractivity contribution is 7.80. The van der Waals surface area contributed by atoms with Crippen molar-refractivity contribution >= 4 is 12.6 Å². The van der Waals surface area contributed by atoms with Crippen LogP contribution in [-0.2, 0) is 0 Å². The smallest absolute Gasteiger partial charge is 0.123 e. The summed E-state index contributed by atoms with van der Waals surface area (Å²) in [7, 11) is 0. The molecule has 0 aromatic rings. The lowest BCUT2D eigenvalue weighted by Gasteiger charge is -2.10. The van der Waals surface area contributed by atoms with Crippen molar-refractivity contribution in [3.63, 3.8) is 0 Å². The van der Waals surface area contributed by atoms with Gasteiger partial charge in [-0.15, -0.1) is 12.6 Å². The molecule has 2 unspecified atom stereocenters. The molecule has 1 aliphatic carbocycles. The highest BCUT2D eigenvalue weighted by atomic mass is 32.1. The molecule has 1 saturated heterocycles. The fourth-order valence-corrected chi connectivity index (χ4v) is 1.66. The van der Waals surface area contributed by atoms with E-state index in [1.54, 1.807) is 0 Å². The van der Waals surface area contributed by atoms with Crippen LogP contribution in [0.2, 0.25) is 0 Å². The number of hydrogen-bond donors (Lipinski definition) is 3. The van der Waals surface area contributed by atoms with E-state index in [9.17, 15) is 0 Å². The van der Waals surface area contributed by atoms with E-state index in [4.69, 9.17) is 0 Å². The highest BCUT2D eigenvalue weighted by Gasteiger charge is 2.24. The van der Waals surface area contributed by atoms with E-state index in [2.05, 4.69) is 41.5 Å². The van der Waals surface area contributed by atoms with Gasteiger partial charge >= 0.3 is 0 Å². The Morgan fingerprint density at radius 2 is 2.50 bits per heavy atom. The van der Waals surface area contributed by atoms with Gasteiger partial charge in [0.1, 0.15) is 5.50 Å². The fraction of sp³-hybridized carbons (Fsp3) is 0.429. The third-order valence-electron chi connectivity index (χ3n) is 1.82. The van der Waals surface area contributed by atoms with Crippen LogP contribution in [0.3, 0.4) is 0 Å². The zero-order valence-electron chi connectivity index (χ0n) is 5.54. The molecule has 0 aromatic carbocycles. The van der Waals surface area contributed by atoms with Crippen molar-refractivity contribution in [3.05, 3.63) is 23.9 Å². The Bertz CT molecular complexity index is 198. The normalized spacial score (nSPS) is 36.7. The van der Waals surface area contributed by atoms with Gasteiger partial charge in [-0.2, -0.15) is 0 Å². The second-order valence-electron chi connectivity index (χ2n) is 2.55. The van der Waals surface area contributed by atoms with E-state index in [1.807, 2.05) is 0 Å². The number of thiol groups is 1.